The van der Waals surface area contributed by atoms with E-state index >= 15 is 0 Å². The Bertz CT molecular complexity index is 1820. The van der Waals surface area contributed by atoms with E-state index in [4.69, 9.17) is 8.37 Å². The third-order valence-electron chi connectivity index (χ3n) is 5.78. The summed E-state index contributed by atoms with van der Waals surface area (Å²) in [4.78, 5) is 0.0118. The fourth-order valence-corrected chi connectivity index (χ4v) is 5.60. The van der Waals surface area contributed by atoms with Crippen LogP contribution in [0.25, 0.3) is 32.7 Å². The van der Waals surface area contributed by atoms with Gasteiger partial charge >= 0.3 is 20.2 Å². The average molecular weight is 519 g/mol. The Hall–Kier alpha value is -3.88. The van der Waals surface area contributed by atoms with Gasteiger partial charge in [0.25, 0.3) is 0 Å². The maximum absolute atomic E-state index is 13.3. The van der Waals surface area contributed by atoms with Gasteiger partial charge in [0.05, 0.1) is 6.26 Å². The van der Waals surface area contributed by atoms with Gasteiger partial charge < -0.3 is 8.37 Å². The first-order valence-electron chi connectivity index (χ1n) is 11.1. The van der Waals surface area contributed by atoms with Gasteiger partial charge in [-0.05, 0) is 52.7 Å². The number of fused-ring (bicyclic) bond motifs is 2. The predicted molar refractivity (Wildman–Crippen MR) is 141 cm³/mol. The minimum atomic E-state index is -4.19. The normalized spacial score (nSPS) is 12.1. The largest absolute Gasteiger partial charge is 0.382 e. The first kappa shape index (κ1) is 23.8. The second-order valence-electron chi connectivity index (χ2n) is 8.46. The third kappa shape index (κ3) is 4.65. The lowest BCUT2D eigenvalue weighted by Gasteiger charge is -2.19. The summed E-state index contributed by atoms with van der Waals surface area (Å²) >= 11 is 0. The fourth-order valence-electron chi connectivity index (χ4n) is 4.19. The van der Waals surface area contributed by atoms with Crippen molar-refractivity contribution in [3.05, 3.63) is 103 Å². The summed E-state index contributed by atoms with van der Waals surface area (Å²) in [5, 5.41) is 3.02. The standard InChI is InChI=1S/C28H22O6S2/c1-19-11-15-22(16-12-19)36(31,32)34-26-18-14-21-8-4-6-10-24(21)28(26)27-23-9-5-3-7-20(23)13-17-25(27)33-35(2,29)30/h3-18H,1-2H3. The van der Waals surface area contributed by atoms with Gasteiger partial charge in [-0.25, -0.2) is 0 Å². The molecule has 0 fully saturated rings. The highest BCUT2D eigenvalue weighted by molar-refractivity contribution is 7.87. The van der Waals surface area contributed by atoms with Crippen LogP contribution in [-0.4, -0.2) is 23.1 Å². The van der Waals surface area contributed by atoms with Gasteiger partial charge in [0.1, 0.15) is 4.90 Å². The van der Waals surface area contributed by atoms with Crippen molar-refractivity contribution in [1.82, 2.24) is 0 Å². The Morgan fingerprint density at radius 2 is 1.03 bits per heavy atom. The zero-order valence-corrected chi connectivity index (χ0v) is 21.1. The zero-order valence-electron chi connectivity index (χ0n) is 19.5. The molecule has 182 valence electrons. The van der Waals surface area contributed by atoms with Crippen LogP contribution in [0.5, 0.6) is 11.5 Å². The molecule has 8 heteroatoms. The SMILES string of the molecule is Cc1ccc(S(=O)(=O)Oc2ccc3ccccc3c2-c2c(OS(C)(=O)=O)ccc3ccccc23)cc1. The lowest BCUT2D eigenvalue weighted by Crippen LogP contribution is -2.11. The van der Waals surface area contributed by atoms with E-state index in [1.165, 1.54) is 12.1 Å². The molecule has 5 aromatic carbocycles. The summed E-state index contributed by atoms with van der Waals surface area (Å²) < 4.78 is 62.0. The number of benzene rings is 5. The maximum Gasteiger partial charge on any atom is 0.339 e. The van der Waals surface area contributed by atoms with Crippen LogP contribution in [0.15, 0.2) is 102 Å². The Morgan fingerprint density at radius 3 is 1.53 bits per heavy atom. The molecule has 6 nitrogen and oxygen atoms in total. The van der Waals surface area contributed by atoms with Crippen LogP contribution >= 0.6 is 0 Å². The molecule has 0 saturated heterocycles. The molecule has 0 spiro atoms. The molecule has 5 aromatic rings. The van der Waals surface area contributed by atoms with E-state index < -0.39 is 20.2 Å². The molecule has 0 aliphatic heterocycles. The molecule has 36 heavy (non-hydrogen) atoms. The van der Waals surface area contributed by atoms with Crippen molar-refractivity contribution in [2.24, 2.45) is 0 Å². The molecule has 0 bridgehead atoms. The number of rotatable bonds is 6. The molecule has 0 unspecified atom stereocenters. The van der Waals surface area contributed by atoms with Crippen LogP contribution in [-0.2, 0) is 20.2 Å². The second kappa shape index (κ2) is 8.96. The van der Waals surface area contributed by atoms with Crippen molar-refractivity contribution < 1.29 is 25.2 Å². The van der Waals surface area contributed by atoms with Crippen molar-refractivity contribution in [2.45, 2.75) is 11.8 Å². The summed E-state index contributed by atoms with van der Waals surface area (Å²) in [6.45, 7) is 1.86. The quantitative estimate of drug-likeness (QED) is 0.254. The van der Waals surface area contributed by atoms with Gasteiger partial charge in [-0.3, -0.25) is 0 Å². The van der Waals surface area contributed by atoms with Gasteiger partial charge in [-0.2, -0.15) is 16.8 Å². The molecular formula is C28H22O6S2. The van der Waals surface area contributed by atoms with E-state index in [2.05, 4.69) is 0 Å². The minimum absolute atomic E-state index is 0.0118. The van der Waals surface area contributed by atoms with E-state index in [0.717, 1.165) is 22.6 Å². The van der Waals surface area contributed by atoms with E-state index in [0.29, 0.717) is 21.9 Å². The summed E-state index contributed by atoms with van der Waals surface area (Å²) in [6, 6.07) is 27.9. The predicted octanol–water partition coefficient (Wildman–Crippen LogP) is 6.07. The maximum atomic E-state index is 13.3. The Morgan fingerprint density at radius 1 is 0.556 bits per heavy atom. The smallest absolute Gasteiger partial charge is 0.339 e. The minimum Gasteiger partial charge on any atom is -0.382 e. The van der Waals surface area contributed by atoms with Gasteiger partial charge in [-0.15, -0.1) is 0 Å². The molecule has 0 aliphatic rings. The lowest BCUT2D eigenvalue weighted by atomic mass is 9.92. The first-order valence-corrected chi connectivity index (χ1v) is 14.3. The van der Waals surface area contributed by atoms with Crippen molar-refractivity contribution in [3.63, 3.8) is 0 Å². The number of hydrogen-bond donors (Lipinski definition) is 0. The van der Waals surface area contributed by atoms with Crippen molar-refractivity contribution in [3.8, 4) is 22.6 Å². The monoisotopic (exact) mass is 518 g/mol. The van der Waals surface area contributed by atoms with E-state index in [1.807, 2.05) is 55.5 Å². The van der Waals surface area contributed by atoms with Crippen molar-refractivity contribution in [1.29, 1.82) is 0 Å². The topological polar surface area (TPSA) is 86.7 Å². The molecule has 0 atom stereocenters. The Balaban J connectivity index is 1.83. The Labute approximate surface area is 210 Å². The summed E-state index contributed by atoms with van der Waals surface area (Å²) in [6.07, 6.45) is 0.967. The van der Waals surface area contributed by atoms with Crippen LogP contribution < -0.4 is 8.37 Å². The molecular weight excluding hydrogens is 496 g/mol. The number of hydrogen-bond acceptors (Lipinski definition) is 6. The summed E-state index contributed by atoms with van der Waals surface area (Å²) in [5.74, 6) is 0.133. The van der Waals surface area contributed by atoms with E-state index in [-0.39, 0.29) is 16.4 Å². The summed E-state index contributed by atoms with van der Waals surface area (Å²) in [5.41, 5.74) is 1.75. The fraction of sp³-hybridized carbons (Fsp3) is 0.0714. The van der Waals surface area contributed by atoms with E-state index in [9.17, 15) is 16.8 Å². The van der Waals surface area contributed by atoms with Crippen LogP contribution in [0.1, 0.15) is 5.56 Å². The highest BCUT2D eigenvalue weighted by Crippen LogP contribution is 2.46. The highest BCUT2D eigenvalue weighted by atomic mass is 32.2. The molecule has 0 radical (unpaired) electrons. The average Bonchev–Trinajstić information content (AvgIpc) is 2.83. The molecule has 0 N–H and O–H groups in total. The highest BCUT2D eigenvalue weighted by Gasteiger charge is 2.24. The van der Waals surface area contributed by atoms with Gasteiger partial charge in [0.15, 0.2) is 11.5 Å². The zero-order chi connectivity index (χ0) is 25.5. The Kier molecular flexibility index (Phi) is 5.94. The van der Waals surface area contributed by atoms with Crippen molar-refractivity contribution >= 4 is 41.8 Å². The molecule has 5 rings (SSSR count). The van der Waals surface area contributed by atoms with Crippen LogP contribution in [0.3, 0.4) is 0 Å². The van der Waals surface area contributed by atoms with Gasteiger partial charge in [0, 0.05) is 11.1 Å². The summed E-state index contributed by atoms with van der Waals surface area (Å²) in [7, 11) is -8.07. The van der Waals surface area contributed by atoms with Crippen LogP contribution in [0.2, 0.25) is 0 Å². The van der Waals surface area contributed by atoms with Gasteiger partial charge in [0.2, 0.25) is 0 Å². The van der Waals surface area contributed by atoms with Crippen LogP contribution in [0.4, 0.5) is 0 Å². The molecule has 0 amide bonds. The van der Waals surface area contributed by atoms with Gasteiger partial charge in [-0.1, -0.05) is 78.4 Å². The second-order valence-corrected chi connectivity index (χ2v) is 11.6. The lowest BCUT2D eigenvalue weighted by molar-refractivity contribution is 0.484. The first-order chi connectivity index (χ1) is 17.1. The molecule has 0 aromatic heterocycles. The molecule has 0 saturated carbocycles. The number of aryl methyl sites for hydroxylation is 1. The third-order valence-corrected chi connectivity index (χ3v) is 7.51. The van der Waals surface area contributed by atoms with E-state index in [1.54, 1.807) is 36.4 Å². The van der Waals surface area contributed by atoms with Crippen LogP contribution in [0, 0.1) is 6.92 Å². The molecule has 0 heterocycles. The molecule has 0 aliphatic carbocycles. The van der Waals surface area contributed by atoms with Crippen molar-refractivity contribution in [2.75, 3.05) is 6.26 Å².